The van der Waals surface area contributed by atoms with Crippen molar-refractivity contribution in [2.24, 2.45) is 0 Å². The van der Waals surface area contributed by atoms with E-state index in [1.54, 1.807) is 66.7 Å². The van der Waals surface area contributed by atoms with Gasteiger partial charge in [0.15, 0.2) is 17.3 Å². The molecule has 2 aliphatic rings. The Bertz CT molecular complexity index is 2190. The second-order valence-corrected chi connectivity index (χ2v) is 15.4. The molecule has 0 aromatic heterocycles. The SMILES string of the molecule is COc1cccc(C(=O)N[C@H]2CCC[C@@](O)(C#Cc3cccc(Cl)c3)C2)c1OC.O=C(CCC(=O)c1ccccc1)N[C@H]1CCC[C@@](O)(C#Cc2cccc(Cl)c2)C1. The second kappa shape index (κ2) is 20.9. The lowest BCUT2D eigenvalue weighted by molar-refractivity contribution is -0.122. The molecular formula is C47H48Cl2N2O7. The van der Waals surface area contributed by atoms with Crippen LogP contribution in [0.3, 0.4) is 0 Å². The summed E-state index contributed by atoms with van der Waals surface area (Å²) in [5.41, 5.74) is 0.208. The monoisotopic (exact) mass is 822 g/mol. The number of methoxy groups -OCH3 is 2. The summed E-state index contributed by atoms with van der Waals surface area (Å²) in [6, 6.07) is 28.2. The quantitative estimate of drug-likeness (QED) is 0.0995. The normalized spacial score (nSPS) is 20.9. The van der Waals surface area contributed by atoms with Gasteiger partial charge >= 0.3 is 0 Å². The van der Waals surface area contributed by atoms with Crippen molar-refractivity contribution in [1.29, 1.82) is 0 Å². The highest BCUT2D eigenvalue weighted by molar-refractivity contribution is 6.31. The van der Waals surface area contributed by atoms with Gasteiger partial charge in [0.25, 0.3) is 5.91 Å². The van der Waals surface area contributed by atoms with Crippen molar-refractivity contribution in [2.45, 2.75) is 87.5 Å². The predicted molar refractivity (Wildman–Crippen MR) is 226 cm³/mol. The van der Waals surface area contributed by atoms with E-state index >= 15 is 0 Å². The zero-order valence-corrected chi connectivity index (χ0v) is 34.2. The van der Waals surface area contributed by atoms with Crippen molar-refractivity contribution in [3.63, 3.8) is 0 Å². The molecule has 4 aromatic carbocycles. The Kier molecular flexibility index (Phi) is 15.8. The molecule has 2 saturated carbocycles. The number of halogens is 2. The molecule has 0 radical (unpaired) electrons. The van der Waals surface area contributed by atoms with Crippen molar-refractivity contribution < 1.29 is 34.1 Å². The van der Waals surface area contributed by atoms with E-state index in [1.165, 1.54) is 14.2 Å². The third kappa shape index (κ3) is 13.1. The molecule has 4 N–H and O–H groups in total. The van der Waals surface area contributed by atoms with Crippen LogP contribution in [0.2, 0.25) is 10.0 Å². The van der Waals surface area contributed by atoms with Gasteiger partial charge in [-0.05, 0) is 87.1 Å². The number of amides is 2. The first-order valence-corrected chi connectivity index (χ1v) is 20.0. The number of carbonyl (C=O) groups excluding carboxylic acids is 3. The molecule has 2 amide bonds. The van der Waals surface area contributed by atoms with Gasteiger partial charge in [0, 0.05) is 64.5 Å². The van der Waals surface area contributed by atoms with Crippen molar-refractivity contribution >= 4 is 40.8 Å². The predicted octanol–water partition coefficient (Wildman–Crippen LogP) is 7.96. The molecule has 9 nitrogen and oxygen atoms in total. The van der Waals surface area contributed by atoms with Crippen molar-refractivity contribution in [3.05, 3.63) is 129 Å². The molecule has 2 fully saturated rings. The van der Waals surface area contributed by atoms with E-state index < -0.39 is 11.2 Å². The number of carbonyl (C=O) groups is 3. The number of para-hydroxylation sites is 1. The van der Waals surface area contributed by atoms with Gasteiger partial charge in [-0.1, -0.05) is 95.4 Å². The fraction of sp³-hybridized carbons (Fsp3) is 0.340. The average molecular weight is 824 g/mol. The summed E-state index contributed by atoms with van der Waals surface area (Å²) in [7, 11) is 3.03. The Balaban J connectivity index is 0.000000221. The van der Waals surface area contributed by atoms with Gasteiger partial charge in [-0.2, -0.15) is 0 Å². The molecule has 0 spiro atoms. The van der Waals surface area contributed by atoms with E-state index in [1.807, 2.05) is 30.3 Å². The first-order valence-electron chi connectivity index (χ1n) is 19.3. The smallest absolute Gasteiger partial charge is 0.255 e. The van der Waals surface area contributed by atoms with Crippen LogP contribution in [0.15, 0.2) is 97.1 Å². The van der Waals surface area contributed by atoms with E-state index in [2.05, 4.69) is 34.3 Å². The fourth-order valence-electron chi connectivity index (χ4n) is 7.11. The van der Waals surface area contributed by atoms with Crippen molar-refractivity contribution in [3.8, 4) is 35.2 Å². The van der Waals surface area contributed by atoms with Gasteiger partial charge in [0.1, 0.15) is 11.2 Å². The minimum Gasteiger partial charge on any atom is -0.493 e. The van der Waals surface area contributed by atoms with Gasteiger partial charge in [-0.15, -0.1) is 0 Å². The molecule has 0 bridgehead atoms. The van der Waals surface area contributed by atoms with Crippen LogP contribution in [0.4, 0.5) is 0 Å². The Morgan fingerprint density at radius 1 is 0.707 bits per heavy atom. The zero-order valence-electron chi connectivity index (χ0n) is 32.7. The number of rotatable bonds is 9. The lowest BCUT2D eigenvalue weighted by Crippen LogP contribution is -2.45. The highest BCUT2D eigenvalue weighted by atomic mass is 35.5. The fourth-order valence-corrected chi connectivity index (χ4v) is 7.49. The highest BCUT2D eigenvalue weighted by Crippen LogP contribution is 2.33. The maximum Gasteiger partial charge on any atom is 0.255 e. The lowest BCUT2D eigenvalue weighted by Gasteiger charge is -2.33. The molecule has 0 unspecified atom stereocenters. The number of nitrogens with one attached hydrogen (secondary N) is 2. The Morgan fingerprint density at radius 2 is 1.26 bits per heavy atom. The van der Waals surface area contributed by atoms with Crippen molar-refractivity contribution in [1.82, 2.24) is 10.6 Å². The first kappa shape index (κ1) is 43.8. The lowest BCUT2D eigenvalue weighted by atomic mass is 9.82. The van der Waals surface area contributed by atoms with Crippen LogP contribution in [0.25, 0.3) is 0 Å². The van der Waals surface area contributed by atoms with E-state index in [4.69, 9.17) is 32.7 Å². The molecule has 0 heterocycles. The third-order valence-electron chi connectivity index (χ3n) is 10.0. The molecule has 4 atom stereocenters. The Hall–Kier alpha value is -5.29. The summed E-state index contributed by atoms with van der Waals surface area (Å²) in [6.07, 6.45) is 5.28. The van der Waals surface area contributed by atoms with Crippen LogP contribution in [0, 0.1) is 23.7 Å². The van der Waals surface area contributed by atoms with Gasteiger partial charge < -0.3 is 30.3 Å². The van der Waals surface area contributed by atoms with E-state index in [9.17, 15) is 24.6 Å². The number of aliphatic hydroxyl groups is 2. The summed E-state index contributed by atoms with van der Waals surface area (Å²) in [6.45, 7) is 0. The molecular weight excluding hydrogens is 775 g/mol. The van der Waals surface area contributed by atoms with Gasteiger partial charge in [-0.3, -0.25) is 14.4 Å². The van der Waals surface area contributed by atoms with Gasteiger partial charge in [0.05, 0.1) is 19.8 Å². The zero-order chi connectivity index (χ0) is 41.5. The van der Waals surface area contributed by atoms with E-state index in [0.717, 1.165) is 36.8 Å². The summed E-state index contributed by atoms with van der Waals surface area (Å²) < 4.78 is 10.6. The number of hydrogen-bond donors (Lipinski definition) is 4. The standard InChI is InChI=1S/C24H24ClNO3.C23H24ClNO4/c25-20-9-4-6-18(16-20)13-15-24(29)14-5-10-21(17-24)26-23(28)12-11-22(27)19-7-2-1-3-8-19;1-28-20-10-4-9-19(21(20)29-2)22(26)25-18-8-5-12-23(27,15-18)13-11-16-6-3-7-17(24)14-16/h1-4,6-9,16,21,29H,5,10-12,14,17H2,(H,26,28);3-4,6-7,9-10,14,18,27H,5,8,12,15H2,1-2H3,(H,25,26)/t21-,24+;18-,23+/m00/s1. The van der Waals surface area contributed by atoms with Crippen LogP contribution < -0.4 is 20.1 Å². The van der Waals surface area contributed by atoms with Crippen LogP contribution in [-0.2, 0) is 4.79 Å². The molecule has 6 rings (SSSR count). The molecule has 302 valence electrons. The van der Waals surface area contributed by atoms with Gasteiger partial charge in [-0.25, -0.2) is 0 Å². The molecule has 2 aliphatic carbocycles. The van der Waals surface area contributed by atoms with Crippen LogP contribution >= 0.6 is 23.2 Å². The number of ketones is 1. The van der Waals surface area contributed by atoms with Gasteiger partial charge in [0.2, 0.25) is 5.91 Å². The minimum absolute atomic E-state index is 0.0479. The Labute approximate surface area is 350 Å². The van der Waals surface area contributed by atoms with Crippen molar-refractivity contribution in [2.75, 3.05) is 14.2 Å². The number of Topliss-reactive ketones (excluding diaryl/α,β-unsaturated/α-hetero) is 1. The summed E-state index contributed by atoms with van der Waals surface area (Å²) in [4.78, 5) is 37.2. The molecule has 0 saturated heterocycles. The molecule has 11 heteroatoms. The number of benzene rings is 4. The maximum atomic E-state index is 12.8. The van der Waals surface area contributed by atoms with E-state index in [0.29, 0.717) is 58.4 Å². The largest absolute Gasteiger partial charge is 0.493 e. The molecule has 0 aliphatic heterocycles. The van der Waals surface area contributed by atoms with Crippen LogP contribution in [-0.4, -0.2) is 65.3 Å². The third-order valence-corrected chi connectivity index (χ3v) is 10.5. The second-order valence-electron chi connectivity index (χ2n) is 14.5. The van der Waals surface area contributed by atoms with Crippen LogP contribution in [0.5, 0.6) is 11.5 Å². The summed E-state index contributed by atoms with van der Waals surface area (Å²) in [5.74, 6) is 12.3. The molecule has 4 aromatic rings. The van der Waals surface area contributed by atoms with E-state index in [-0.39, 0.29) is 42.5 Å². The highest BCUT2D eigenvalue weighted by Gasteiger charge is 2.35. The number of ether oxygens (including phenoxy) is 2. The first-order chi connectivity index (χ1) is 27.9. The summed E-state index contributed by atoms with van der Waals surface area (Å²) in [5, 5.41) is 28.9. The minimum atomic E-state index is -1.16. The average Bonchev–Trinajstić information content (AvgIpc) is 3.22. The summed E-state index contributed by atoms with van der Waals surface area (Å²) >= 11 is 12.0. The number of hydrogen-bond acceptors (Lipinski definition) is 7. The Morgan fingerprint density at radius 3 is 1.79 bits per heavy atom. The van der Waals surface area contributed by atoms with Crippen LogP contribution in [0.1, 0.15) is 96.1 Å². The maximum absolute atomic E-state index is 12.8. The topological polar surface area (TPSA) is 134 Å². The molecule has 58 heavy (non-hydrogen) atoms.